The molecule has 1 saturated carbocycles. The Morgan fingerprint density at radius 2 is 2.24 bits per heavy atom. The first-order chi connectivity index (χ1) is 12.1. The van der Waals surface area contributed by atoms with Crippen LogP contribution < -0.4 is 10.2 Å². The van der Waals surface area contributed by atoms with Crippen LogP contribution in [-0.4, -0.2) is 66.6 Å². The maximum absolute atomic E-state index is 13.2. The van der Waals surface area contributed by atoms with Crippen molar-refractivity contribution in [3.63, 3.8) is 0 Å². The van der Waals surface area contributed by atoms with Crippen molar-refractivity contribution in [3.05, 3.63) is 24.0 Å². The Morgan fingerprint density at radius 1 is 1.40 bits per heavy atom. The molecule has 1 aromatic rings. The zero-order valence-electron chi connectivity index (χ0n) is 14.5. The summed E-state index contributed by atoms with van der Waals surface area (Å²) in [5.41, 5.74) is 1.07. The molecule has 1 unspecified atom stereocenters. The number of nitrogens with one attached hydrogen (secondary N) is 1. The van der Waals surface area contributed by atoms with E-state index in [2.05, 4.69) is 17.2 Å². The molecule has 1 aromatic heterocycles. The number of piperazine rings is 1. The van der Waals surface area contributed by atoms with Gasteiger partial charge < -0.3 is 19.9 Å². The number of amides is 2. The number of aromatic nitrogens is 1. The van der Waals surface area contributed by atoms with Gasteiger partial charge in [0.15, 0.2) is 0 Å². The Hall–Kier alpha value is -2.15. The number of rotatable bonds is 3. The summed E-state index contributed by atoms with van der Waals surface area (Å²) in [6.45, 7) is 5.56. The molecular formula is C18H24N4O3. The van der Waals surface area contributed by atoms with E-state index in [1.165, 1.54) is 0 Å². The molecule has 1 N–H and O–H groups in total. The van der Waals surface area contributed by atoms with Crippen molar-refractivity contribution in [1.82, 2.24) is 15.2 Å². The third-order valence-corrected chi connectivity index (χ3v) is 5.54. The lowest BCUT2D eigenvalue weighted by Crippen LogP contribution is -2.58. The van der Waals surface area contributed by atoms with E-state index in [9.17, 15) is 9.59 Å². The Kier molecular flexibility index (Phi) is 4.11. The molecule has 7 heteroatoms. The van der Waals surface area contributed by atoms with E-state index < -0.39 is 0 Å². The molecule has 0 bridgehead atoms. The first kappa shape index (κ1) is 16.3. The first-order valence-corrected chi connectivity index (χ1v) is 8.95. The average molecular weight is 344 g/mol. The van der Waals surface area contributed by atoms with Crippen LogP contribution in [0.5, 0.6) is 0 Å². The molecule has 2 amide bonds. The van der Waals surface area contributed by atoms with Crippen LogP contribution in [0.15, 0.2) is 18.3 Å². The monoisotopic (exact) mass is 344 g/mol. The smallest absolute Gasteiger partial charge is 0.273 e. The van der Waals surface area contributed by atoms with Crippen LogP contribution in [0.3, 0.4) is 0 Å². The standard InChI is InChI=1S/C18H24N4O3/c1-18(13-2-3-13)12-25-9-8-22(18)17(24)15-10-14(4-5-19-15)21-7-6-20-16(23)11-21/h4-5,10,13H,2-3,6-9,11-12H2,1H3,(H,20,23). The molecule has 0 spiro atoms. The highest BCUT2D eigenvalue weighted by Crippen LogP contribution is 2.44. The summed E-state index contributed by atoms with van der Waals surface area (Å²) in [7, 11) is 0. The first-order valence-electron chi connectivity index (χ1n) is 8.95. The number of hydrogen-bond acceptors (Lipinski definition) is 5. The molecule has 0 radical (unpaired) electrons. The van der Waals surface area contributed by atoms with Crippen LogP contribution in [0.1, 0.15) is 30.3 Å². The molecule has 7 nitrogen and oxygen atoms in total. The van der Waals surface area contributed by atoms with Gasteiger partial charge in [0.2, 0.25) is 5.91 Å². The topological polar surface area (TPSA) is 74.8 Å². The van der Waals surface area contributed by atoms with Gasteiger partial charge in [-0.25, -0.2) is 0 Å². The molecule has 3 aliphatic rings. The van der Waals surface area contributed by atoms with Crippen LogP contribution >= 0.6 is 0 Å². The fourth-order valence-electron chi connectivity index (χ4n) is 3.88. The predicted molar refractivity (Wildman–Crippen MR) is 92.4 cm³/mol. The van der Waals surface area contributed by atoms with E-state index in [4.69, 9.17) is 4.74 Å². The highest BCUT2D eigenvalue weighted by molar-refractivity contribution is 5.94. The Bertz CT molecular complexity index is 691. The molecule has 0 aromatic carbocycles. The van der Waals surface area contributed by atoms with Crippen molar-refractivity contribution in [2.24, 2.45) is 5.92 Å². The van der Waals surface area contributed by atoms with E-state index in [0.717, 1.165) is 25.1 Å². The number of carbonyl (C=O) groups excluding carboxylic acids is 2. The minimum absolute atomic E-state index is 0.00502. The van der Waals surface area contributed by atoms with Crippen molar-refractivity contribution < 1.29 is 14.3 Å². The van der Waals surface area contributed by atoms with Crippen molar-refractivity contribution in [2.75, 3.05) is 44.3 Å². The van der Waals surface area contributed by atoms with Gasteiger partial charge in [0.05, 0.1) is 25.3 Å². The van der Waals surface area contributed by atoms with Gasteiger partial charge >= 0.3 is 0 Å². The number of nitrogens with zero attached hydrogens (tertiary/aromatic N) is 3. The van der Waals surface area contributed by atoms with E-state index in [1.54, 1.807) is 6.20 Å². The largest absolute Gasteiger partial charge is 0.377 e. The van der Waals surface area contributed by atoms with Crippen LogP contribution in [0.4, 0.5) is 5.69 Å². The van der Waals surface area contributed by atoms with Crippen LogP contribution in [0, 0.1) is 5.92 Å². The summed E-state index contributed by atoms with van der Waals surface area (Å²) in [5.74, 6) is 0.483. The molecular weight excluding hydrogens is 320 g/mol. The Balaban J connectivity index is 1.57. The van der Waals surface area contributed by atoms with Crippen LogP contribution in [0.25, 0.3) is 0 Å². The number of ether oxygens (including phenoxy) is 1. The SMILES string of the molecule is CC1(C2CC2)COCCN1C(=O)c1cc(N2CCNC(=O)C2)ccn1. The molecule has 1 atom stereocenters. The third-order valence-electron chi connectivity index (χ3n) is 5.54. The second-order valence-corrected chi connectivity index (χ2v) is 7.31. The molecule has 134 valence electrons. The lowest BCUT2D eigenvalue weighted by Gasteiger charge is -2.45. The van der Waals surface area contributed by atoms with Crippen molar-refractivity contribution >= 4 is 17.5 Å². The second kappa shape index (κ2) is 6.29. The summed E-state index contributed by atoms with van der Waals surface area (Å²) in [6.07, 6.45) is 3.96. The van der Waals surface area contributed by atoms with Crippen molar-refractivity contribution in [3.8, 4) is 0 Å². The van der Waals surface area contributed by atoms with Gasteiger partial charge in [0.1, 0.15) is 5.69 Å². The van der Waals surface area contributed by atoms with Gasteiger partial charge in [-0.3, -0.25) is 14.6 Å². The zero-order valence-corrected chi connectivity index (χ0v) is 14.5. The highest BCUT2D eigenvalue weighted by Gasteiger charge is 2.49. The lowest BCUT2D eigenvalue weighted by atomic mass is 9.92. The van der Waals surface area contributed by atoms with E-state index in [0.29, 0.717) is 44.5 Å². The summed E-state index contributed by atoms with van der Waals surface area (Å²) in [6, 6.07) is 3.67. The number of morpholine rings is 1. The Labute approximate surface area is 147 Å². The van der Waals surface area contributed by atoms with Crippen molar-refractivity contribution in [1.29, 1.82) is 0 Å². The van der Waals surface area contributed by atoms with Gasteiger partial charge in [0.25, 0.3) is 5.91 Å². The fraction of sp³-hybridized carbons (Fsp3) is 0.611. The van der Waals surface area contributed by atoms with E-state index >= 15 is 0 Å². The maximum atomic E-state index is 13.2. The quantitative estimate of drug-likeness (QED) is 0.872. The molecule has 1 aliphatic carbocycles. The van der Waals surface area contributed by atoms with E-state index in [-0.39, 0.29) is 17.4 Å². The van der Waals surface area contributed by atoms with Gasteiger partial charge in [-0.2, -0.15) is 0 Å². The highest BCUT2D eigenvalue weighted by atomic mass is 16.5. The summed E-state index contributed by atoms with van der Waals surface area (Å²) >= 11 is 0. The molecule has 3 heterocycles. The van der Waals surface area contributed by atoms with Gasteiger partial charge in [0, 0.05) is 31.5 Å². The summed E-state index contributed by atoms with van der Waals surface area (Å²) in [4.78, 5) is 33.0. The number of hydrogen-bond donors (Lipinski definition) is 1. The van der Waals surface area contributed by atoms with Gasteiger partial charge in [-0.15, -0.1) is 0 Å². The van der Waals surface area contributed by atoms with Gasteiger partial charge in [-0.1, -0.05) is 0 Å². The number of anilines is 1. The molecule has 25 heavy (non-hydrogen) atoms. The second-order valence-electron chi connectivity index (χ2n) is 7.31. The van der Waals surface area contributed by atoms with E-state index in [1.807, 2.05) is 21.9 Å². The minimum Gasteiger partial charge on any atom is -0.377 e. The molecule has 4 rings (SSSR count). The summed E-state index contributed by atoms with van der Waals surface area (Å²) < 4.78 is 5.67. The normalized spacial score (nSPS) is 27.2. The van der Waals surface area contributed by atoms with Crippen molar-refractivity contribution in [2.45, 2.75) is 25.3 Å². The fourth-order valence-corrected chi connectivity index (χ4v) is 3.88. The average Bonchev–Trinajstić information content (AvgIpc) is 3.47. The minimum atomic E-state index is -0.238. The molecule has 2 saturated heterocycles. The number of pyridine rings is 1. The molecule has 2 aliphatic heterocycles. The number of carbonyl (C=O) groups is 2. The Morgan fingerprint density at radius 3 is 3.00 bits per heavy atom. The molecule has 3 fully saturated rings. The zero-order chi connectivity index (χ0) is 17.4. The van der Waals surface area contributed by atoms with Gasteiger partial charge in [-0.05, 0) is 37.8 Å². The summed E-state index contributed by atoms with van der Waals surface area (Å²) in [5, 5.41) is 2.82. The predicted octanol–water partition coefficient (Wildman–Crippen LogP) is 0.659. The third kappa shape index (κ3) is 3.08. The van der Waals surface area contributed by atoms with Crippen LogP contribution in [0.2, 0.25) is 0 Å². The maximum Gasteiger partial charge on any atom is 0.273 e. The lowest BCUT2D eigenvalue weighted by molar-refractivity contribution is -0.120. The van der Waals surface area contributed by atoms with Crippen LogP contribution in [-0.2, 0) is 9.53 Å².